The number of nitrogens with two attached hydrogens (primary N) is 1. The minimum absolute atomic E-state index is 0.168. The van der Waals surface area contributed by atoms with Crippen molar-refractivity contribution in [3.63, 3.8) is 0 Å². The van der Waals surface area contributed by atoms with E-state index in [9.17, 15) is 4.79 Å². The van der Waals surface area contributed by atoms with Crippen molar-refractivity contribution in [3.05, 3.63) is 17.0 Å². The third-order valence-electron chi connectivity index (χ3n) is 2.97. The zero-order valence-electron chi connectivity index (χ0n) is 11.5. The van der Waals surface area contributed by atoms with E-state index in [1.165, 1.54) is 11.3 Å². The maximum absolute atomic E-state index is 10.4. The molecule has 1 unspecified atom stereocenters. The predicted octanol–water partition coefficient (Wildman–Crippen LogP) is 1.27. The van der Waals surface area contributed by atoms with Gasteiger partial charge < -0.3 is 15.8 Å². The van der Waals surface area contributed by atoms with Crippen LogP contribution in [0.25, 0.3) is 0 Å². The van der Waals surface area contributed by atoms with Gasteiger partial charge >= 0.3 is 6.09 Å². The van der Waals surface area contributed by atoms with E-state index in [0.717, 1.165) is 12.2 Å². The van der Waals surface area contributed by atoms with E-state index >= 15 is 0 Å². The number of nitrogens with zero attached hydrogens (tertiary/aromatic N) is 2. The van der Waals surface area contributed by atoms with Crippen molar-refractivity contribution in [1.82, 2.24) is 15.1 Å². The van der Waals surface area contributed by atoms with Gasteiger partial charge in [-0.15, -0.1) is 0 Å². The van der Waals surface area contributed by atoms with Crippen molar-refractivity contribution in [2.24, 2.45) is 5.73 Å². The molecule has 102 valence electrons. The third kappa shape index (κ3) is 3.46. The van der Waals surface area contributed by atoms with Crippen LogP contribution in [0.2, 0.25) is 0 Å². The van der Waals surface area contributed by atoms with Crippen LogP contribution in [0.5, 0.6) is 0 Å². The van der Waals surface area contributed by atoms with Crippen LogP contribution in [0.4, 0.5) is 4.79 Å². The number of amides is 1. The standard InChI is InChI=1S/C12H22N4O2/c1-5-16-10(4)11(9(3)15-16)8(2)14-6-7-18-12(13)17/h8,14H,5-7H2,1-4H3,(H2,13,17). The zero-order valence-corrected chi connectivity index (χ0v) is 11.5. The minimum Gasteiger partial charge on any atom is -0.448 e. The number of nitrogens with one attached hydrogen (secondary N) is 1. The maximum Gasteiger partial charge on any atom is 0.404 e. The van der Waals surface area contributed by atoms with Crippen molar-refractivity contribution < 1.29 is 9.53 Å². The smallest absolute Gasteiger partial charge is 0.404 e. The third-order valence-corrected chi connectivity index (χ3v) is 2.97. The molecule has 1 rings (SSSR count). The summed E-state index contributed by atoms with van der Waals surface area (Å²) >= 11 is 0. The van der Waals surface area contributed by atoms with Gasteiger partial charge in [-0.05, 0) is 27.7 Å². The number of carbonyl (C=O) groups is 1. The van der Waals surface area contributed by atoms with Gasteiger partial charge in [0.25, 0.3) is 0 Å². The fourth-order valence-corrected chi connectivity index (χ4v) is 2.17. The van der Waals surface area contributed by atoms with Gasteiger partial charge in [-0.25, -0.2) is 4.79 Å². The van der Waals surface area contributed by atoms with Gasteiger partial charge in [0, 0.05) is 30.4 Å². The maximum atomic E-state index is 10.4. The highest BCUT2D eigenvalue weighted by molar-refractivity contribution is 5.64. The molecule has 6 heteroatoms. The van der Waals surface area contributed by atoms with Crippen LogP contribution >= 0.6 is 0 Å². The number of ether oxygens (including phenoxy) is 1. The summed E-state index contributed by atoms with van der Waals surface area (Å²) in [6, 6.07) is 0.168. The topological polar surface area (TPSA) is 82.2 Å². The summed E-state index contributed by atoms with van der Waals surface area (Å²) < 4.78 is 6.66. The molecule has 1 heterocycles. The Kier molecular flexibility index (Phi) is 5.15. The highest BCUT2D eigenvalue weighted by Crippen LogP contribution is 2.20. The molecule has 0 bridgehead atoms. The first-order chi connectivity index (χ1) is 8.47. The second kappa shape index (κ2) is 6.39. The molecule has 6 nitrogen and oxygen atoms in total. The van der Waals surface area contributed by atoms with Crippen LogP contribution < -0.4 is 11.1 Å². The zero-order chi connectivity index (χ0) is 13.7. The van der Waals surface area contributed by atoms with Gasteiger partial charge in [0.05, 0.1) is 5.69 Å². The average molecular weight is 254 g/mol. The Morgan fingerprint density at radius 2 is 2.22 bits per heavy atom. The molecule has 0 spiro atoms. The van der Waals surface area contributed by atoms with Crippen LogP contribution in [-0.4, -0.2) is 29.0 Å². The molecule has 1 aromatic heterocycles. The van der Waals surface area contributed by atoms with Gasteiger partial charge in [-0.3, -0.25) is 4.68 Å². The first-order valence-electron chi connectivity index (χ1n) is 6.16. The molecule has 0 saturated heterocycles. The highest BCUT2D eigenvalue weighted by atomic mass is 16.5. The normalized spacial score (nSPS) is 12.4. The van der Waals surface area contributed by atoms with Crippen molar-refractivity contribution in [2.45, 2.75) is 40.3 Å². The lowest BCUT2D eigenvalue weighted by atomic mass is 10.1. The Morgan fingerprint density at radius 1 is 1.56 bits per heavy atom. The van der Waals surface area contributed by atoms with Crippen molar-refractivity contribution >= 4 is 6.09 Å². The van der Waals surface area contributed by atoms with E-state index in [1.807, 2.05) is 11.6 Å². The molecule has 0 saturated carbocycles. The second-order valence-electron chi connectivity index (χ2n) is 4.24. The molecule has 0 aliphatic heterocycles. The average Bonchev–Trinajstić information content (AvgIpc) is 2.59. The lowest BCUT2D eigenvalue weighted by Gasteiger charge is -2.14. The molecule has 0 aliphatic rings. The first-order valence-corrected chi connectivity index (χ1v) is 6.16. The van der Waals surface area contributed by atoms with Crippen LogP contribution in [0, 0.1) is 13.8 Å². The summed E-state index contributed by atoms with van der Waals surface area (Å²) in [6.45, 7) is 9.93. The Morgan fingerprint density at radius 3 is 2.72 bits per heavy atom. The Bertz CT molecular complexity index is 414. The molecule has 18 heavy (non-hydrogen) atoms. The largest absolute Gasteiger partial charge is 0.448 e. The molecule has 1 atom stereocenters. The summed E-state index contributed by atoms with van der Waals surface area (Å²) in [5.41, 5.74) is 8.30. The van der Waals surface area contributed by atoms with Crippen molar-refractivity contribution in [3.8, 4) is 0 Å². The van der Waals surface area contributed by atoms with Gasteiger partial charge in [0.2, 0.25) is 0 Å². The molecule has 0 radical (unpaired) electrons. The van der Waals surface area contributed by atoms with Gasteiger partial charge in [-0.2, -0.15) is 5.10 Å². The Hall–Kier alpha value is -1.56. The van der Waals surface area contributed by atoms with Crippen LogP contribution in [-0.2, 0) is 11.3 Å². The monoisotopic (exact) mass is 254 g/mol. The molecule has 3 N–H and O–H groups in total. The molecular formula is C12H22N4O2. The lowest BCUT2D eigenvalue weighted by molar-refractivity contribution is 0.156. The minimum atomic E-state index is -0.740. The lowest BCUT2D eigenvalue weighted by Crippen LogP contribution is -2.26. The number of primary amides is 1. The van der Waals surface area contributed by atoms with E-state index in [2.05, 4.69) is 35.9 Å². The number of carbonyl (C=O) groups excluding carboxylic acids is 1. The number of aromatic nitrogens is 2. The number of hydrogen-bond donors (Lipinski definition) is 2. The number of hydrogen-bond acceptors (Lipinski definition) is 4. The number of aryl methyl sites for hydroxylation is 2. The fraction of sp³-hybridized carbons (Fsp3) is 0.667. The summed E-state index contributed by atoms with van der Waals surface area (Å²) in [6.07, 6.45) is -0.740. The van der Waals surface area contributed by atoms with E-state index in [-0.39, 0.29) is 12.6 Å². The molecule has 1 amide bonds. The highest BCUT2D eigenvalue weighted by Gasteiger charge is 2.16. The SMILES string of the molecule is CCn1nc(C)c(C(C)NCCOC(N)=O)c1C. The van der Waals surface area contributed by atoms with E-state index in [4.69, 9.17) is 5.73 Å². The first kappa shape index (κ1) is 14.5. The van der Waals surface area contributed by atoms with Crippen LogP contribution in [0.15, 0.2) is 0 Å². The Balaban J connectivity index is 2.58. The van der Waals surface area contributed by atoms with Crippen LogP contribution in [0.3, 0.4) is 0 Å². The summed E-state index contributed by atoms with van der Waals surface area (Å²) in [5.74, 6) is 0. The van der Waals surface area contributed by atoms with Crippen molar-refractivity contribution in [1.29, 1.82) is 0 Å². The molecular weight excluding hydrogens is 232 g/mol. The van der Waals surface area contributed by atoms with Gasteiger partial charge in [-0.1, -0.05) is 0 Å². The van der Waals surface area contributed by atoms with E-state index in [1.54, 1.807) is 0 Å². The fourth-order valence-electron chi connectivity index (χ4n) is 2.17. The Labute approximate surface area is 107 Å². The van der Waals surface area contributed by atoms with Crippen LogP contribution in [0.1, 0.15) is 36.8 Å². The summed E-state index contributed by atoms with van der Waals surface area (Å²) in [7, 11) is 0. The molecule has 1 aromatic rings. The second-order valence-corrected chi connectivity index (χ2v) is 4.24. The molecule has 0 aliphatic carbocycles. The summed E-state index contributed by atoms with van der Waals surface area (Å²) in [4.78, 5) is 10.4. The molecule has 0 fully saturated rings. The van der Waals surface area contributed by atoms with E-state index in [0.29, 0.717) is 6.54 Å². The molecule has 0 aromatic carbocycles. The predicted molar refractivity (Wildman–Crippen MR) is 69.3 cm³/mol. The van der Waals surface area contributed by atoms with E-state index < -0.39 is 6.09 Å². The van der Waals surface area contributed by atoms with Gasteiger partial charge in [0.1, 0.15) is 6.61 Å². The summed E-state index contributed by atoms with van der Waals surface area (Å²) in [5, 5.41) is 7.76. The van der Waals surface area contributed by atoms with Crippen molar-refractivity contribution in [2.75, 3.05) is 13.2 Å². The quantitative estimate of drug-likeness (QED) is 0.749. The number of rotatable bonds is 6. The van der Waals surface area contributed by atoms with Gasteiger partial charge in [0.15, 0.2) is 0 Å².